The van der Waals surface area contributed by atoms with Crippen LogP contribution in [-0.2, 0) is 6.54 Å². The zero-order valence-corrected chi connectivity index (χ0v) is 15.6. The lowest BCUT2D eigenvalue weighted by molar-refractivity contribution is -0.154. The normalized spacial score (nSPS) is 14.2. The maximum absolute atomic E-state index is 12.7. The molecule has 5 nitrogen and oxygen atoms in total. The number of nitrogens with zero attached hydrogens (tertiary/aromatic N) is 3. The fourth-order valence-electron chi connectivity index (χ4n) is 3.20. The molecule has 0 atom stereocenters. The summed E-state index contributed by atoms with van der Waals surface area (Å²) in [6, 6.07) is 12.1. The van der Waals surface area contributed by atoms with Gasteiger partial charge in [-0.05, 0) is 30.5 Å². The van der Waals surface area contributed by atoms with Crippen LogP contribution < -0.4 is 9.64 Å². The van der Waals surface area contributed by atoms with E-state index in [1.807, 2.05) is 24.3 Å². The molecule has 1 aliphatic heterocycles. The van der Waals surface area contributed by atoms with Crippen molar-refractivity contribution in [3.8, 4) is 5.88 Å². The number of benzene rings is 1. The highest BCUT2D eigenvalue weighted by atomic mass is 19.4. The summed E-state index contributed by atoms with van der Waals surface area (Å²) in [7, 11) is 1.65. The molecule has 2 aromatic rings. The molecule has 2 heterocycles. The van der Waals surface area contributed by atoms with Gasteiger partial charge in [0.25, 0.3) is 5.91 Å². The van der Waals surface area contributed by atoms with Crippen molar-refractivity contribution < 1.29 is 22.7 Å². The summed E-state index contributed by atoms with van der Waals surface area (Å²) in [5, 5.41) is 0. The third kappa shape index (κ3) is 5.15. The van der Waals surface area contributed by atoms with Gasteiger partial charge in [-0.2, -0.15) is 13.2 Å². The summed E-state index contributed by atoms with van der Waals surface area (Å²) < 4.78 is 41.5. The van der Waals surface area contributed by atoms with E-state index < -0.39 is 12.8 Å². The van der Waals surface area contributed by atoms with Crippen molar-refractivity contribution in [1.29, 1.82) is 0 Å². The van der Waals surface area contributed by atoms with Gasteiger partial charge in [-0.15, -0.1) is 0 Å². The monoisotopic (exact) mass is 393 g/mol. The van der Waals surface area contributed by atoms with Gasteiger partial charge in [0.2, 0.25) is 5.88 Å². The number of carbonyl (C=O) groups is 1. The number of para-hydroxylation sites is 1. The van der Waals surface area contributed by atoms with E-state index in [2.05, 4.69) is 14.6 Å². The minimum Gasteiger partial charge on any atom is -0.468 e. The van der Waals surface area contributed by atoms with Crippen molar-refractivity contribution in [2.45, 2.75) is 25.6 Å². The van der Waals surface area contributed by atoms with E-state index in [-0.39, 0.29) is 17.5 Å². The summed E-state index contributed by atoms with van der Waals surface area (Å²) in [6.07, 6.45) is -2.16. The second kappa shape index (κ2) is 8.50. The highest BCUT2D eigenvalue weighted by Gasteiger charge is 2.29. The summed E-state index contributed by atoms with van der Waals surface area (Å²) in [5.41, 5.74) is 2.17. The van der Waals surface area contributed by atoms with Crippen molar-refractivity contribution in [3.63, 3.8) is 0 Å². The number of pyridine rings is 1. The van der Waals surface area contributed by atoms with E-state index in [1.54, 1.807) is 7.05 Å². The van der Waals surface area contributed by atoms with Gasteiger partial charge in [0.15, 0.2) is 6.61 Å². The van der Waals surface area contributed by atoms with Gasteiger partial charge in [-0.1, -0.05) is 24.3 Å². The first kappa shape index (κ1) is 20.0. The standard InChI is InChI=1S/C20H22F3N3O2/c1-25(13-15-7-2-3-9-17(15)26-11-4-5-12-26)19(27)16-8-6-10-18(24-16)28-14-20(21,22)23/h2-3,6-10H,4-5,11-14H2,1H3. The number of hydrogen-bond donors (Lipinski definition) is 0. The van der Waals surface area contributed by atoms with Crippen molar-refractivity contribution in [2.24, 2.45) is 0 Å². The zero-order valence-electron chi connectivity index (χ0n) is 15.6. The first-order chi connectivity index (χ1) is 13.3. The molecule has 1 saturated heterocycles. The Bertz CT molecular complexity index is 820. The predicted octanol–water partition coefficient (Wildman–Crippen LogP) is 3.90. The Labute approximate surface area is 161 Å². The van der Waals surface area contributed by atoms with Crippen LogP contribution in [0.5, 0.6) is 5.88 Å². The van der Waals surface area contributed by atoms with Gasteiger partial charge in [0.1, 0.15) is 5.69 Å². The number of halogens is 3. The molecule has 1 aromatic heterocycles. The molecule has 28 heavy (non-hydrogen) atoms. The fraction of sp³-hybridized carbons (Fsp3) is 0.400. The Balaban J connectivity index is 1.70. The third-order valence-corrected chi connectivity index (χ3v) is 4.52. The van der Waals surface area contributed by atoms with Crippen LogP contribution in [0.15, 0.2) is 42.5 Å². The molecule has 1 fully saturated rings. The topological polar surface area (TPSA) is 45.7 Å². The maximum Gasteiger partial charge on any atom is 0.422 e. The van der Waals surface area contributed by atoms with Gasteiger partial charge in [0.05, 0.1) is 0 Å². The minimum absolute atomic E-state index is 0.0424. The van der Waals surface area contributed by atoms with Crippen LogP contribution in [0.25, 0.3) is 0 Å². The van der Waals surface area contributed by atoms with Crippen molar-refractivity contribution in [1.82, 2.24) is 9.88 Å². The quantitative estimate of drug-likeness (QED) is 0.747. The maximum atomic E-state index is 12.7. The summed E-state index contributed by atoms with van der Waals surface area (Å²) in [5.74, 6) is -0.609. The lowest BCUT2D eigenvalue weighted by Crippen LogP contribution is -2.28. The lowest BCUT2D eigenvalue weighted by Gasteiger charge is -2.24. The second-order valence-corrected chi connectivity index (χ2v) is 6.75. The van der Waals surface area contributed by atoms with Crippen LogP contribution in [0.4, 0.5) is 18.9 Å². The van der Waals surface area contributed by atoms with E-state index in [9.17, 15) is 18.0 Å². The molecular weight excluding hydrogens is 371 g/mol. The van der Waals surface area contributed by atoms with E-state index in [4.69, 9.17) is 0 Å². The van der Waals surface area contributed by atoms with E-state index >= 15 is 0 Å². The lowest BCUT2D eigenvalue weighted by atomic mass is 10.1. The number of aromatic nitrogens is 1. The molecule has 1 amide bonds. The van der Waals surface area contributed by atoms with Crippen LogP contribution in [-0.4, -0.2) is 48.7 Å². The van der Waals surface area contributed by atoms with Gasteiger partial charge >= 0.3 is 6.18 Å². The summed E-state index contributed by atoms with van der Waals surface area (Å²) in [6.45, 7) is 0.918. The third-order valence-electron chi connectivity index (χ3n) is 4.52. The van der Waals surface area contributed by atoms with Gasteiger partial charge in [0, 0.05) is 38.4 Å². The molecule has 0 N–H and O–H groups in total. The molecule has 1 aliphatic rings. The molecule has 150 valence electrons. The van der Waals surface area contributed by atoms with Crippen LogP contribution in [0, 0.1) is 0 Å². The molecule has 0 bridgehead atoms. The Morgan fingerprint density at radius 1 is 1.14 bits per heavy atom. The number of ether oxygens (including phenoxy) is 1. The SMILES string of the molecule is CN(Cc1ccccc1N1CCCC1)C(=O)c1cccc(OCC(F)(F)F)n1. The molecule has 0 spiro atoms. The van der Waals surface area contributed by atoms with Crippen molar-refractivity contribution in [3.05, 3.63) is 53.7 Å². The van der Waals surface area contributed by atoms with Gasteiger partial charge in [-0.25, -0.2) is 4.98 Å². The Hall–Kier alpha value is -2.77. The molecular formula is C20H22F3N3O2. The number of alkyl halides is 3. The Morgan fingerprint density at radius 2 is 1.86 bits per heavy atom. The van der Waals surface area contributed by atoms with Gasteiger partial charge in [-0.3, -0.25) is 4.79 Å². The number of anilines is 1. The average molecular weight is 393 g/mol. The highest BCUT2D eigenvalue weighted by molar-refractivity contribution is 5.92. The summed E-state index contributed by atoms with van der Waals surface area (Å²) in [4.78, 5) is 20.4. The fourth-order valence-corrected chi connectivity index (χ4v) is 3.20. The second-order valence-electron chi connectivity index (χ2n) is 6.75. The van der Waals surface area contributed by atoms with Crippen molar-refractivity contribution >= 4 is 11.6 Å². The molecule has 0 radical (unpaired) electrons. The average Bonchev–Trinajstić information content (AvgIpc) is 3.20. The number of rotatable bonds is 6. The first-order valence-electron chi connectivity index (χ1n) is 9.08. The van der Waals surface area contributed by atoms with Crippen LogP contribution in [0.1, 0.15) is 28.9 Å². The van der Waals surface area contributed by atoms with Gasteiger partial charge < -0.3 is 14.5 Å². The number of carbonyl (C=O) groups excluding carboxylic acids is 1. The molecule has 0 aliphatic carbocycles. The van der Waals surface area contributed by atoms with Crippen LogP contribution >= 0.6 is 0 Å². The number of amides is 1. The van der Waals surface area contributed by atoms with Crippen LogP contribution in [0.2, 0.25) is 0 Å². The van der Waals surface area contributed by atoms with E-state index in [0.29, 0.717) is 6.54 Å². The van der Waals surface area contributed by atoms with Crippen molar-refractivity contribution in [2.75, 3.05) is 31.6 Å². The van der Waals surface area contributed by atoms with E-state index in [0.717, 1.165) is 37.2 Å². The van der Waals surface area contributed by atoms with Crippen LogP contribution in [0.3, 0.4) is 0 Å². The largest absolute Gasteiger partial charge is 0.468 e. The molecule has 3 rings (SSSR count). The zero-order chi connectivity index (χ0) is 20.1. The predicted molar refractivity (Wildman–Crippen MR) is 99.5 cm³/mol. The Morgan fingerprint density at radius 3 is 2.57 bits per heavy atom. The number of hydrogen-bond acceptors (Lipinski definition) is 4. The molecule has 0 unspecified atom stereocenters. The summed E-state index contributed by atoms with van der Waals surface area (Å²) >= 11 is 0. The first-order valence-corrected chi connectivity index (χ1v) is 9.08. The van der Waals surface area contributed by atoms with E-state index in [1.165, 1.54) is 23.1 Å². The minimum atomic E-state index is -4.46. The molecule has 0 saturated carbocycles. The highest BCUT2D eigenvalue weighted by Crippen LogP contribution is 2.26. The molecule has 1 aromatic carbocycles. The molecule has 8 heteroatoms. The Kier molecular flexibility index (Phi) is 6.06. The smallest absolute Gasteiger partial charge is 0.422 e.